The molecule has 0 spiro atoms. The first-order valence-corrected chi connectivity index (χ1v) is 13.2. The average Bonchev–Trinajstić information content (AvgIpc) is 3.41. The third kappa shape index (κ3) is 6.15. The molecule has 0 bridgehead atoms. The van der Waals surface area contributed by atoms with Crippen molar-refractivity contribution < 1.29 is 14.0 Å². The summed E-state index contributed by atoms with van der Waals surface area (Å²) in [5, 5.41) is 7.58. The molecule has 1 N–H and O–H groups in total. The first kappa shape index (κ1) is 26.6. The minimum absolute atomic E-state index is 0.123. The zero-order valence-corrected chi connectivity index (χ0v) is 22.1. The fourth-order valence-corrected chi connectivity index (χ4v) is 4.50. The lowest BCUT2D eigenvalue weighted by Crippen LogP contribution is -2.38. The Hall–Kier alpha value is -5.04. The summed E-state index contributed by atoms with van der Waals surface area (Å²) >= 11 is 0. The van der Waals surface area contributed by atoms with Gasteiger partial charge in [0.2, 0.25) is 5.91 Å². The molecule has 0 atom stereocenters. The van der Waals surface area contributed by atoms with E-state index in [1.54, 1.807) is 39.9 Å². The number of aromatic nitrogens is 2. The lowest BCUT2D eigenvalue weighted by atomic mass is 10.0. The Kier molecular flexibility index (Phi) is 8.11. The van der Waals surface area contributed by atoms with E-state index in [-0.39, 0.29) is 24.2 Å². The molecule has 7 heteroatoms. The van der Waals surface area contributed by atoms with E-state index in [0.29, 0.717) is 35.7 Å². The number of nitrogens with one attached hydrogen (secondary N) is 1. The molecule has 0 radical (unpaired) electrons. The predicted molar refractivity (Wildman–Crippen MR) is 156 cm³/mol. The van der Waals surface area contributed by atoms with Crippen molar-refractivity contribution in [1.82, 2.24) is 14.7 Å². The van der Waals surface area contributed by atoms with Crippen LogP contribution in [0.3, 0.4) is 0 Å². The van der Waals surface area contributed by atoms with Crippen LogP contribution in [-0.4, -0.2) is 39.6 Å². The molecule has 0 aliphatic rings. The Balaban J connectivity index is 1.35. The SMILES string of the molecule is CCCN(CC(=O)Nc1cc(-c2ccccc2)nn1-c1ccc(F)cc1)C(=O)c1ccc(-c2ccccc2)cc1. The van der Waals surface area contributed by atoms with Gasteiger partial charge >= 0.3 is 0 Å². The number of amides is 2. The van der Waals surface area contributed by atoms with E-state index >= 15 is 0 Å². The van der Waals surface area contributed by atoms with Gasteiger partial charge in [-0.15, -0.1) is 0 Å². The molecule has 0 saturated carbocycles. The van der Waals surface area contributed by atoms with Crippen LogP contribution in [0.5, 0.6) is 0 Å². The normalized spacial score (nSPS) is 10.8. The second-order valence-electron chi connectivity index (χ2n) is 9.39. The monoisotopic (exact) mass is 532 g/mol. The van der Waals surface area contributed by atoms with Crippen molar-refractivity contribution in [3.8, 4) is 28.1 Å². The summed E-state index contributed by atoms with van der Waals surface area (Å²) in [7, 11) is 0. The molecule has 5 aromatic rings. The number of nitrogens with zero attached hydrogens (tertiary/aromatic N) is 3. The van der Waals surface area contributed by atoms with Crippen LogP contribution in [0, 0.1) is 5.82 Å². The molecule has 1 heterocycles. The van der Waals surface area contributed by atoms with Crippen LogP contribution in [0.1, 0.15) is 23.7 Å². The number of carbonyl (C=O) groups is 2. The first-order valence-electron chi connectivity index (χ1n) is 13.2. The van der Waals surface area contributed by atoms with Gasteiger partial charge in [0, 0.05) is 23.7 Å². The summed E-state index contributed by atoms with van der Waals surface area (Å²) in [5.74, 6) is -0.513. The van der Waals surface area contributed by atoms with E-state index in [1.165, 1.54) is 12.1 Å². The van der Waals surface area contributed by atoms with E-state index in [1.807, 2.05) is 79.7 Å². The Morgan fingerprint density at radius 2 is 1.40 bits per heavy atom. The van der Waals surface area contributed by atoms with Crippen LogP contribution in [0.15, 0.2) is 115 Å². The highest BCUT2D eigenvalue weighted by Gasteiger charge is 2.20. The molecule has 5 rings (SSSR count). The van der Waals surface area contributed by atoms with Gasteiger partial charge in [0.15, 0.2) is 0 Å². The van der Waals surface area contributed by atoms with Gasteiger partial charge in [-0.1, -0.05) is 79.7 Å². The lowest BCUT2D eigenvalue weighted by molar-refractivity contribution is -0.116. The van der Waals surface area contributed by atoms with E-state index in [2.05, 4.69) is 10.4 Å². The van der Waals surface area contributed by atoms with Crippen LogP contribution in [0.4, 0.5) is 10.2 Å². The van der Waals surface area contributed by atoms with Gasteiger partial charge in [0.25, 0.3) is 5.91 Å². The largest absolute Gasteiger partial charge is 0.329 e. The van der Waals surface area contributed by atoms with Crippen molar-refractivity contribution in [2.24, 2.45) is 0 Å². The molecule has 1 aromatic heterocycles. The van der Waals surface area contributed by atoms with E-state index in [4.69, 9.17) is 0 Å². The Morgan fingerprint density at radius 3 is 2.02 bits per heavy atom. The topological polar surface area (TPSA) is 67.2 Å². The van der Waals surface area contributed by atoms with Gasteiger partial charge in [0.05, 0.1) is 11.4 Å². The molecule has 2 amide bonds. The number of benzene rings is 4. The third-order valence-electron chi connectivity index (χ3n) is 6.47. The van der Waals surface area contributed by atoms with Crippen molar-refractivity contribution >= 4 is 17.6 Å². The first-order chi connectivity index (χ1) is 19.5. The number of hydrogen-bond donors (Lipinski definition) is 1. The maximum atomic E-state index is 13.6. The van der Waals surface area contributed by atoms with Crippen LogP contribution >= 0.6 is 0 Å². The quantitative estimate of drug-likeness (QED) is 0.226. The van der Waals surface area contributed by atoms with Gasteiger partial charge in [0.1, 0.15) is 18.2 Å². The highest BCUT2D eigenvalue weighted by Crippen LogP contribution is 2.25. The van der Waals surface area contributed by atoms with Crippen LogP contribution in [0.2, 0.25) is 0 Å². The number of hydrogen-bond acceptors (Lipinski definition) is 3. The van der Waals surface area contributed by atoms with Crippen molar-refractivity contribution in [2.75, 3.05) is 18.4 Å². The van der Waals surface area contributed by atoms with Gasteiger partial charge in [-0.05, 0) is 53.9 Å². The van der Waals surface area contributed by atoms with Crippen molar-refractivity contribution in [3.05, 3.63) is 127 Å². The Bertz CT molecular complexity index is 1580. The van der Waals surface area contributed by atoms with Crippen molar-refractivity contribution in [2.45, 2.75) is 13.3 Å². The van der Waals surface area contributed by atoms with Crippen LogP contribution in [-0.2, 0) is 4.79 Å². The third-order valence-corrected chi connectivity index (χ3v) is 6.47. The molecule has 0 unspecified atom stereocenters. The van der Waals surface area contributed by atoms with E-state index < -0.39 is 0 Å². The summed E-state index contributed by atoms with van der Waals surface area (Å²) in [4.78, 5) is 28.2. The van der Waals surface area contributed by atoms with Crippen molar-refractivity contribution in [1.29, 1.82) is 0 Å². The molecule has 0 aliphatic heterocycles. The lowest BCUT2D eigenvalue weighted by Gasteiger charge is -2.22. The molecule has 40 heavy (non-hydrogen) atoms. The zero-order valence-electron chi connectivity index (χ0n) is 22.1. The average molecular weight is 533 g/mol. The van der Waals surface area contributed by atoms with Gasteiger partial charge in [-0.3, -0.25) is 9.59 Å². The minimum Gasteiger partial charge on any atom is -0.329 e. The molecule has 0 saturated heterocycles. The van der Waals surface area contributed by atoms with Gasteiger partial charge in [-0.2, -0.15) is 5.10 Å². The predicted octanol–water partition coefficient (Wildman–Crippen LogP) is 6.84. The molecule has 0 aliphatic carbocycles. The standard InChI is InChI=1S/C33H29FN4O2/c1-2-21-37(33(40)27-15-13-25(14-16-27)24-9-5-3-6-10-24)23-32(39)35-31-22-30(26-11-7-4-8-12-26)36-38(31)29-19-17-28(34)18-20-29/h3-20,22H,2,21,23H2,1H3,(H,35,39). The highest BCUT2D eigenvalue weighted by molar-refractivity contribution is 5.99. The number of rotatable bonds is 9. The summed E-state index contributed by atoms with van der Waals surface area (Å²) in [6.07, 6.45) is 0.701. The highest BCUT2D eigenvalue weighted by atomic mass is 19.1. The molecular formula is C33H29FN4O2. The second kappa shape index (κ2) is 12.2. The van der Waals surface area contributed by atoms with Crippen LogP contribution in [0.25, 0.3) is 28.1 Å². The minimum atomic E-state index is -0.365. The fraction of sp³-hybridized carbons (Fsp3) is 0.121. The molecule has 6 nitrogen and oxygen atoms in total. The molecule has 200 valence electrons. The number of carbonyl (C=O) groups excluding carboxylic acids is 2. The molecule has 4 aromatic carbocycles. The second-order valence-corrected chi connectivity index (χ2v) is 9.39. The summed E-state index contributed by atoms with van der Waals surface area (Å²) in [5.41, 5.74) is 4.72. The van der Waals surface area contributed by atoms with E-state index in [0.717, 1.165) is 16.7 Å². The van der Waals surface area contributed by atoms with Gasteiger partial charge in [-0.25, -0.2) is 9.07 Å². The molecule has 0 fully saturated rings. The fourth-order valence-electron chi connectivity index (χ4n) is 4.50. The summed E-state index contributed by atoms with van der Waals surface area (Å²) < 4.78 is 15.1. The number of anilines is 1. The number of halogens is 1. The Labute approximate surface area is 232 Å². The van der Waals surface area contributed by atoms with Gasteiger partial charge < -0.3 is 10.2 Å². The maximum Gasteiger partial charge on any atom is 0.254 e. The summed E-state index contributed by atoms with van der Waals surface area (Å²) in [6.45, 7) is 2.27. The van der Waals surface area contributed by atoms with Crippen molar-refractivity contribution in [3.63, 3.8) is 0 Å². The van der Waals surface area contributed by atoms with Crippen LogP contribution < -0.4 is 5.32 Å². The summed E-state index contributed by atoms with van der Waals surface area (Å²) in [6, 6.07) is 34.6. The van der Waals surface area contributed by atoms with E-state index in [9.17, 15) is 14.0 Å². The smallest absolute Gasteiger partial charge is 0.254 e. The Morgan fingerprint density at radius 1 is 0.800 bits per heavy atom. The zero-order chi connectivity index (χ0) is 27.9. The molecular weight excluding hydrogens is 503 g/mol. The maximum absolute atomic E-state index is 13.6.